The molecule has 0 rings (SSSR count). The van der Waals surface area contributed by atoms with Crippen molar-refractivity contribution >= 4 is 5.97 Å². The number of allylic oxidation sites excluding steroid dienone is 5. The monoisotopic (exact) mass is 281 g/mol. The molecule has 0 aliphatic carbocycles. The zero-order valence-electron chi connectivity index (χ0n) is 14.1. The lowest BCUT2D eigenvalue weighted by Crippen LogP contribution is -2.01. The second kappa shape index (κ2) is 17.4. The predicted octanol–water partition coefficient (Wildman–Crippen LogP) is 4.35. The van der Waals surface area contributed by atoms with Crippen molar-refractivity contribution in [2.75, 3.05) is 13.6 Å². The fourth-order valence-electron chi connectivity index (χ4n) is 0.884. The quantitative estimate of drug-likeness (QED) is 0.582. The molecule has 0 aromatic carbocycles. The van der Waals surface area contributed by atoms with Gasteiger partial charge in [-0.15, -0.1) is 0 Å². The van der Waals surface area contributed by atoms with Gasteiger partial charge in [-0.25, -0.2) is 4.79 Å². The Balaban J connectivity index is -0.000000410. The van der Waals surface area contributed by atoms with Crippen LogP contribution in [0.3, 0.4) is 0 Å². The van der Waals surface area contributed by atoms with E-state index in [9.17, 15) is 4.79 Å². The molecule has 0 aromatic heterocycles. The van der Waals surface area contributed by atoms with Crippen molar-refractivity contribution in [1.82, 2.24) is 5.32 Å². The van der Waals surface area contributed by atoms with Crippen LogP contribution < -0.4 is 5.32 Å². The lowest BCUT2D eigenvalue weighted by Gasteiger charge is -2.00. The standard InChI is InChI=1S/C12H16O2.C3H9N.C2H6/c1-5-9(3)11(6-2)8-7-10(4)12(13)14;1-3-4-2;1-2/h5-8H,4H2,1-3H3,(H,13,14);4H,3H2,1-2H3;1-2H3/b8-7-,9-5+,11-6+;;. The molecule has 0 aliphatic heterocycles. The first kappa shape index (κ1) is 23.5. The minimum absolute atomic E-state index is 0.0910. The number of carboxylic acids is 1. The van der Waals surface area contributed by atoms with Crippen molar-refractivity contribution in [2.45, 2.75) is 41.5 Å². The normalized spacial score (nSPS) is 11.2. The van der Waals surface area contributed by atoms with E-state index in [1.54, 1.807) is 6.08 Å². The van der Waals surface area contributed by atoms with Gasteiger partial charge in [0.15, 0.2) is 0 Å². The summed E-state index contributed by atoms with van der Waals surface area (Å²) in [6.07, 6.45) is 7.17. The summed E-state index contributed by atoms with van der Waals surface area (Å²) in [7, 11) is 1.93. The van der Waals surface area contributed by atoms with Crippen molar-refractivity contribution in [3.05, 3.63) is 47.6 Å². The van der Waals surface area contributed by atoms with Gasteiger partial charge in [0.05, 0.1) is 5.57 Å². The molecule has 2 N–H and O–H groups in total. The molecule has 0 unspecified atom stereocenters. The third-order valence-electron chi connectivity index (χ3n) is 2.29. The molecular formula is C17H31NO2. The fourth-order valence-corrected chi connectivity index (χ4v) is 0.884. The molecule has 0 fully saturated rings. The summed E-state index contributed by atoms with van der Waals surface area (Å²) in [5.41, 5.74) is 2.21. The van der Waals surface area contributed by atoms with Crippen LogP contribution in [0.5, 0.6) is 0 Å². The average molecular weight is 281 g/mol. The largest absolute Gasteiger partial charge is 0.478 e. The molecule has 0 saturated heterocycles. The van der Waals surface area contributed by atoms with E-state index in [1.807, 2.05) is 53.8 Å². The van der Waals surface area contributed by atoms with E-state index in [1.165, 1.54) is 6.08 Å². The van der Waals surface area contributed by atoms with E-state index in [0.29, 0.717) is 0 Å². The molecule has 0 aromatic rings. The first-order valence-corrected chi connectivity index (χ1v) is 6.98. The molecule has 0 aliphatic rings. The Hall–Kier alpha value is -1.61. The SMILES string of the molecule is C=C(\C=C/C(=C\C)C(/C)=C/C)C(=O)O.CC.CCNC. The Labute approximate surface area is 124 Å². The summed E-state index contributed by atoms with van der Waals surface area (Å²) >= 11 is 0. The van der Waals surface area contributed by atoms with Gasteiger partial charge in [0, 0.05) is 0 Å². The van der Waals surface area contributed by atoms with Gasteiger partial charge < -0.3 is 10.4 Å². The second-order valence-corrected chi connectivity index (χ2v) is 3.59. The second-order valence-electron chi connectivity index (χ2n) is 3.59. The number of nitrogens with one attached hydrogen (secondary N) is 1. The maximum Gasteiger partial charge on any atom is 0.335 e. The van der Waals surface area contributed by atoms with Crippen molar-refractivity contribution in [2.24, 2.45) is 0 Å². The molecule has 20 heavy (non-hydrogen) atoms. The summed E-state index contributed by atoms with van der Waals surface area (Å²) < 4.78 is 0. The van der Waals surface area contributed by atoms with Crippen molar-refractivity contribution < 1.29 is 9.90 Å². The summed E-state index contributed by atoms with van der Waals surface area (Å²) in [4.78, 5) is 10.5. The van der Waals surface area contributed by atoms with Gasteiger partial charge in [-0.05, 0) is 51.6 Å². The number of aliphatic carboxylic acids is 1. The molecule has 116 valence electrons. The maximum atomic E-state index is 10.5. The van der Waals surface area contributed by atoms with E-state index in [2.05, 4.69) is 18.8 Å². The minimum Gasteiger partial charge on any atom is -0.478 e. The zero-order chi connectivity index (χ0) is 16.6. The van der Waals surface area contributed by atoms with E-state index in [4.69, 9.17) is 5.11 Å². The van der Waals surface area contributed by atoms with Gasteiger partial charge in [-0.1, -0.05) is 45.6 Å². The molecule has 3 nitrogen and oxygen atoms in total. The van der Waals surface area contributed by atoms with Crippen LogP contribution in [0.25, 0.3) is 0 Å². The highest BCUT2D eigenvalue weighted by Crippen LogP contribution is 2.11. The van der Waals surface area contributed by atoms with E-state index in [0.717, 1.165) is 17.7 Å². The van der Waals surface area contributed by atoms with Crippen molar-refractivity contribution in [3.63, 3.8) is 0 Å². The van der Waals surface area contributed by atoms with E-state index < -0.39 is 5.97 Å². The zero-order valence-corrected chi connectivity index (χ0v) is 14.1. The number of rotatable bonds is 5. The van der Waals surface area contributed by atoms with Crippen LogP contribution in [0, 0.1) is 0 Å². The van der Waals surface area contributed by atoms with Gasteiger partial charge in [0.25, 0.3) is 0 Å². The smallest absolute Gasteiger partial charge is 0.335 e. The molecule has 0 heterocycles. The van der Waals surface area contributed by atoms with Gasteiger partial charge in [-0.3, -0.25) is 0 Å². The molecule has 0 radical (unpaired) electrons. The molecule has 3 heteroatoms. The molecule has 0 saturated carbocycles. The lowest BCUT2D eigenvalue weighted by atomic mass is 10.1. The Kier molecular flexibility index (Phi) is 20.4. The lowest BCUT2D eigenvalue weighted by molar-refractivity contribution is -0.132. The van der Waals surface area contributed by atoms with Crippen LogP contribution >= 0.6 is 0 Å². The van der Waals surface area contributed by atoms with Crippen LogP contribution in [-0.4, -0.2) is 24.7 Å². The average Bonchev–Trinajstić information content (AvgIpc) is 2.49. The maximum absolute atomic E-state index is 10.5. The molecular weight excluding hydrogens is 250 g/mol. The Bertz CT molecular complexity index is 348. The van der Waals surface area contributed by atoms with Crippen LogP contribution in [0.1, 0.15) is 41.5 Å². The molecule has 0 atom stereocenters. The van der Waals surface area contributed by atoms with Gasteiger partial charge in [-0.2, -0.15) is 0 Å². The summed E-state index contributed by atoms with van der Waals surface area (Å²) in [6, 6.07) is 0. The number of hydrogen-bond donors (Lipinski definition) is 2. The molecule has 0 amide bonds. The van der Waals surface area contributed by atoms with Gasteiger partial charge in [0.2, 0.25) is 0 Å². The molecule has 0 spiro atoms. The summed E-state index contributed by atoms with van der Waals surface area (Å²) in [6.45, 7) is 16.4. The Morgan fingerprint density at radius 1 is 1.20 bits per heavy atom. The minimum atomic E-state index is -0.991. The van der Waals surface area contributed by atoms with Crippen LogP contribution in [0.4, 0.5) is 0 Å². The van der Waals surface area contributed by atoms with Gasteiger partial charge >= 0.3 is 5.97 Å². The highest BCUT2D eigenvalue weighted by Gasteiger charge is 1.98. The van der Waals surface area contributed by atoms with E-state index >= 15 is 0 Å². The topological polar surface area (TPSA) is 49.3 Å². The predicted molar refractivity (Wildman–Crippen MR) is 90.1 cm³/mol. The fraction of sp³-hybridized carbons (Fsp3) is 0.471. The van der Waals surface area contributed by atoms with E-state index in [-0.39, 0.29) is 5.57 Å². The number of carboxylic acid groups (broad SMARTS) is 1. The van der Waals surface area contributed by atoms with Crippen LogP contribution in [0.2, 0.25) is 0 Å². The highest BCUT2D eigenvalue weighted by molar-refractivity contribution is 5.89. The number of carbonyl (C=O) groups is 1. The Morgan fingerprint density at radius 3 is 1.90 bits per heavy atom. The van der Waals surface area contributed by atoms with Crippen molar-refractivity contribution in [1.29, 1.82) is 0 Å². The first-order valence-electron chi connectivity index (χ1n) is 6.98. The van der Waals surface area contributed by atoms with Crippen LogP contribution in [-0.2, 0) is 4.79 Å². The molecule has 0 bridgehead atoms. The Morgan fingerprint density at radius 2 is 1.65 bits per heavy atom. The number of hydrogen-bond acceptors (Lipinski definition) is 2. The first-order chi connectivity index (χ1) is 9.44. The van der Waals surface area contributed by atoms with Crippen LogP contribution in [0.15, 0.2) is 47.6 Å². The third-order valence-corrected chi connectivity index (χ3v) is 2.29. The summed E-state index contributed by atoms with van der Waals surface area (Å²) in [5, 5.41) is 11.5. The highest BCUT2D eigenvalue weighted by atomic mass is 16.4. The summed E-state index contributed by atoms with van der Waals surface area (Å²) in [5.74, 6) is -0.991. The third kappa shape index (κ3) is 14.5. The van der Waals surface area contributed by atoms with Gasteiger partial charge in [0.1, 0.15) is 0 Å². The van der Waals surface area contributed by atoms with Crippen molar-refractivity contribution in [3.8, 4) is 0 Å².